The van der Waals surface area contributed by atoms with Gasteiger partial charge in [0.2, 0.25) is 0 Å². The lowest BCUT2D eigenvalue weighted by Gasteiger charge is -2.06. The van der Waals surface area contributed by atoms with Gasteiger partial charge in [-0.1, -0.05) is 12.1 Å². The van der Waals surface area contributed by atoms with Crippen LogP contribution in [0.1, 0.15) is 63.6 Å². The fourth-order valence-electron chi connectivity index (χ4n) is 3.38. The first kappa shape index (κ1) is 17.2. The average Bonchev–Trinajstić information content (AvgIpc) is 3.27. The highest BCUT2D eigenvalue weighted by Crippen LogP contribution is 2.38. The van der Waals surface area contributed by atoms with Crippen LogP contribution in [0.15, 0.2) is 24.3 Å². The maximum atomic E-state index is 12.7. The van der Waals surface area contributed by atoms with Gasteiger partial charge in [0, 0.05) is 28.4 Å². The van der Waals surface area contributed by atoms with Gasteiger partial charge >= 0.3 is 0 Å². The van der Waals surface area contributed by atoms with E-state index >= 15 is 0 Å². The van der Waals surface area contributed by atoms with Gasteiger partial charge in [0.1, 0.15) is 11.5 Å². The minimum Gasteiger partial charge on any atom is -0.354 e. The van der Waals surface area contributed by atoms with Gasteiger partial charge in [0.15, 0.2) is 11.6 Å². The molecule has 4 rings (SSSR count). The number of amides is 1. The van der Waals surface area contributed by atoms with Crippen molar-refractivity contribution in [3.8, 4) is 11.4 Å². The molecule has 3 N–H and O–H groups in total. The number of aryl methyl sites for hydroxylation is 1. The van der Waals surface area contributed by atoms with Gasteiger partial charge in [0.05, 0.1) is 0 Å². The average molecular weight is 363 g/mol. The molecule has 0 unspecified atom stereocenters. The van der Waals surface area contributed by atoms with E-state index in [2.05, 4.69) is 25.5 Å². The molecule has 2 heterocycles. The number of ketones is 1. The standard InChI is InChI=1S/C20H21N5O2/c1-10-16(12(3)26)11(2)21-17(10)20(27)22-15-6-4-5-14(9-15)19-23-18(24-25-19)13-7-8-13/h4-6,9,13,21H,7-8H2,1-3H3,(H,22,27)(H,23,24,25). The number of rotatable bonds is 5. The number of nitrogens with zero attached hydrogens (tertiary/aromatic N) is 2. The number of aromatic amines is 2. The highest BCUT2D eigenvalue weighted by Gasteiger charge is 2.27. The molecule has 1 aromatic carbocycles. The zero-order valence-corrected chi connectivity index (χ0v) is 15.5. The van der Waals surface area contributed by atoms with E-state index in [4.69, 9.17) is 0 Å². The van der Waals surface area contributed by atoms with Crippen LogP contribution < -0.4 is 5.32 Å². The second kappa shape index (κ2) is 6.50. The number of aromatic nitrogens is 4. The lowest BCUT2D eigenvalue weighted by atomic mass is 10.1. The summed E-state index contributed by atoms with van der Waals surface area (Å²) in [7, 11) is 0. The molecule has 1 saturated carbocycles. The number of hydrogen-bond donors (Lipinski definition) is 3. The molecule has 0 aliphatic heterocycles. The first-order valence-corrected chi connectivity index (χ1v) is 8.98. The van der Waals surface area contributed by atoms with Gasteiger partial charge in [-0.3, -0.25) is 14.7 Å². The van der Waals surface area contributed by atoms with Gasteiger partial charge in [-0.15, -0.1) is 0 Å². The molecule has 1 fully saturated rings. The zero-order valence-electron chi connectivity index (χ0n) is 15.5. The second-order valence-electron chi connectivity index (χ2n) is 7.03. The Morgan fingerprint density at radius 2 is 2.00 bits per heavy atom. The Morgan fingerprint density at radius 3 is 2.67 bits per heavy atom. The lowest BCUT2D eigenvalue weighted by Crippen LogP contribution is -2.14. The Balaban J connectivity index is 1.57. The topological polar surface area (TPSA) is 104 Å². The highest BCUT2D eigenvalue weighted by atomic mass is 16.2. The van der Waals surface area contributed by atoms with E-state index in [-0.39, 0.29) is 11.7 Å². The second-order valence-corrected chi connectivity index (χ2v) is 7.03. The van der Waals surface area contributed by atoms with Crippen LogP contribution in [0.5, 0.6) is 0 Å². The summed E-state index contributed by atoms with van der Waals surface area (Å²) in [6.45, 7) is 5.07. The molecule has 1 aliphatic rings. The Hall–Kier alpha value is -3.22. The van der Waals surface area contributed by atoms with Crippen molar-refractivity contribution in [2.24, 2.45) is 0 Å². The van der Waals surface area contributed by atoms with Crippen LogP contribution in [0.25, 0.3) is 11.4 Å². The molecule has 1 amide bonds. The van der Waals surface area contributed by atoms with Gasteiger partial charge in [-0.05, 0) is 51.3 Å². The Bertz CT molecular complexity index is 1040. The third-order valence-electron chi connectivity index (χ3n) is 4.86. The van der Waals surface area contributed by atoms with E-state index in [1.165, 1.54) is 6.92 Å². The van der Waals surface area contributed by atoms with Crippen molar-refractivity contribution in [3.05, 3.63) is 52.6 Å². The maximum absolute atomic E-state index is 12.7. The highest BCUT2D eigenvalue weighted by molar-refractivity contribution is 6.07. The van der Waals surface area contributed by atoms with E-state index in [1.54, 1.807) is 13.8 Å². The minimum absolute atomic E-state index is 0.0571. The molecular formula is C20H21N5O2. The lowest BCUT2D eigenvalue weighted by molar-refractivity contribution is 0.101. The number of benzene rings is 1. The minimum atomic E-state index is -0.283. The predicted molar refractivity (Wildman–Crippen MR) is 102 cm³/mol. The molecule has 3 aromatic rings. The third-order valence-corrected chi connectivity index (χ3v) is 4.86. The summed E-state index contributed by atoms with van der Waals surface area (Å²) in [6.07, 6.45) is 2.31. The van der Waals surface area contributed by atoms with Gasteiger partial charge in [0.25, 0.3) is 5.91 Å². The van der Waals surface area contributed by atoms with E-state index in [0.29, 0.717) is 39.9 Å². The van der Waals surface area contributed by atoms with E-state index in [0.717, 1.165) is 24.2 Å². The molecular weight excluding hydrogens is 342 g/mol. The number of carbonyl (C=O) groups excluding carboxylic acids is 2. The summed E-state index contributed by atoms with van der Waals surface area (Å²) in [5.41, 5.74) is 3.81. The van der Waals surface area contributed by atoms with Crippen molar-refractivity contribution in [1.82, 2.24) is 20.2 Å². The van der Waals surface area contributed by atoms with Crippen molar-refractivity contribution < 1.29 is 9.59 Å². The van der Waals surface area contributed by atoms with Crippen molar-refractivity contribution in [1.29, 1.82) is 0 Å². The van der Waals surface area contributed by atoms with Gasteiger partial charge in [-0.25, -0.2) is 4.98 Å². The molecule has 27 heavy (non-hydrogen) atoms. The summed E-state index contributed by atoms with van der Waals surface area (Å²) in [4.78, 5) is 32.0. The van der Waals surface area contributed by atoms with Crippen molar-refractivity contribution in [2.75, 3.05) is 5.32 Å². The van der Waals surface area contributed by atoms with Crippen LogP contribution >= 0.6 is 0 Å². The van der Waals surface area contributed by atoms with Crippen LogP contribution in [-0.2, 0) is 0 Å². The largest absolute Gasteiger partial charge is 0.354 e. The maximum Gasteiger partial charge on any atom is 0.272 e. The van der Waals surface area contributed by atoms with Crippen LogP contribution in [0.2, 0.25) is 0 Å². The van der Waals surface area contributed by atoms with Crippen LogP contribution in [0, 0.1) is 13.8 Å². The monoisotopic (exact) mass is 363 g/mol. The molecule has 7 nitrogen and oxygen atoms in total. The van der Waals surface area contributed by atoms with Crippen LogP contribution in [-0.4, -0.2) is 31.9 Å². The van der Waals surface area contributed by atoms with E-state index in [9.17, 15) is 9.59 Å². The number of Topliss-reactive ketones (excluding diaryl/α,β-unsaturated/α-hetero) is 1. The Kier molecular flexibility index (Phi) is 4.14. The van der Waals surface area contributed by atoms with E-state index in [1.807, 2.05) is 24.3 Å². The quantitative estimate of drug-likeness (QED) is 0.601. The molecule has 0 atom stereocenters. The normalized spacial score (nSPS) is 13.6. The van der Waals surface area contributed by atoms with Crippen molar-refractivity contribution in [2.45, 2.75) is 39.5 Å². The number of carbonyl (C=O) groups is 2. The molecule has 0 bridgehead atoms. The number of anilines is 1. The molecule has 0 saturated heterocycles. The van der Waals surface area contributed by atoms with E-state index < -0.39 is 0 Å². The molecule has 1 aliphatic carbocycles. The third kappa shape index (κ3) is 3.28. The fraction of sp³-hybridized carbons (Fsp3) is 0.300. The summed E-state index contributed by atoms with van der Waals surface area (Å²) in [5, 5.41) is 10.2. The first-order chi connectivity index (χ1) is 12.9. The molecule has 0 radical (unpaired) electrons. The Morgan fingerprint density at radius 1 is 1.22 bits per heavy atom. The summed E-state index contributed by atoms with van der Waals surface area (Å²) < 4.78 is 0. The fourth-order valence-corrected chi connectivity index (χ4v) is 3.38. The van der Waals surface area contributed by atoms with Crippen LogP contribution in [0.4, 0.5) is 5.69 Å². The SMILES string of the molecule is CC(=O)c1c(C)[nH]c(C(=O)Nc2cccc(-c3n[nH]c(C4CC4)n3)c2)c1C. The van der Waals surface area contributed by atoms with Crippen molar-refractivity contribution >= 4 is 17.4 Å². The molecule has 2 aromatic heterocycles. The smallest absolute Gasteiger partial charge is 0.272 e. The number of H-pyrrole nitrogens is 2. The molecule has 7 heteroatoms. The zero-order chi connectivity index (χ0) is 19.1. The summed E-state index contributed by atoms with van der Waals surface area (Å²) in [6, 6.07) is 7.42. The van der Waals surface area contributed by atoms with Crippen molar-refractivity contribution in [3.63, 3.8) is 0 Å². The summed E-state index contributed by atoms with van der Waals surface area (Å²) in [5.74, 6) is 1.71. The van der Waals surface area contributed by atoms with Gasteiger partial charge in [-0.2, -0.15) is 5.10 Å². The summed E-state index contributed by atoms with van der Waals surface area (Å²) >= 11 is 0. The van der Waals surface area contributed by atoms with Gasteiger partial charge < -0.3 is 10.3 Å². The molecule has 0 spiro atoms. The first-order valence-electron chi connectivity index (χ1n) is 8.98. The Labute approximate surface area is 156 Å². The molecule has 138 valence electrons. The van der Waals surface area contributed by atoms with Crippen LogP contribution in [0.3, 0.4) is 0 Å². The number of hydrogen-bond acceptors (Lipinski definition) is 4. The number of nitrogens with one attached hydrogen (secondary N) is 3. The predicted octanol–water partition coefficient (Wildman–Crippen LogP) is 3.75.